The van der Waals surface area contributed by atoms with Crippen LogP contribution in [0.4, 0.5) is 0 Å². The standard InChI is InChI=1S/C12H15NO2/c1-13(2)6-9-3-4-11-10(5-9)8-15-12(11)7-14/h3-5,8,14H,6-7H2,1-2H3. The number of benzene rings is 1. The summed E-state index contributed by atoms with van der Waals surface area (Å²) >= 11 is 0. The lowest BCUT2D eigenvalue weighted by Crippen LogP contribution is -2.10. The molecule has 15 heavy (non-hydrogen) atoms. The van der Waals surface area contributed by atoms with Gasteiger partial charge in [0.1, 0.15) is 12.4 Å². The van der Waals surface area contributed by atoms with Gasteiger partial charge < -0.3 is 14.4 Å². The topological polar surface area (TPSA) is 36.6 Å². The van der Waals surface area contributed by atoms with Gasteiger partial charge in [-0.15, -0.1) is 0 Å². The first kappa shape index (κ1) is 10.2. The second-order valence-corrected chi connectivity index (χ2v) is 3.98. The van der Waals surface area contributed by atoms with Crippen molar-refractivity contribution in [3.05, 3.63) is 35.8 Å². The monoisotopic (exact) mass is 205 g/mol. The molecular formula is C12H15NO2. The number of hydrogen-bond donors (Lipinski definition) is 1. The van der Waals surface area contributed by atoms with Gasteiger partial charge in [-0.2, -0.15) is 0 Å². The molecule has 1 aromatic carbocycles. The van der Waals surface area contributed by atoms with Crippen LogP contribution in [0.25, 0.3) is 10.8 Å². The van der Waals surface area contributed by atoms with Crippen molar-refractivity contribution in [1.29, 1.82) is 0 Å². The number of hydrogen-bond acceptors (Lipinski definition) is 3. The van der Waals surface area contributed by atoms with Crippen LogP contribution in [-0.2, 0) is 13.2 Å². The fourth-order valence-electron chi connectivity index (χ4n) is 1.75. The fourth-order valence-corrected chi connectivity index (χ4v) is 1.75. The van der Waals surface area contributed by atoms with Crippen LogP contribution in [0.1, 0.15) is 11.3 Å². The van der Waals surface area contributed by atoms with E-state index in [1.807, 2.05) is 20.2 Å². The molecule has 0 aliphatic rings. The molecule has 3 heteroatoms. The highest BCUT2D eigenvalue weighted by atomic mass is 16.4. The van der Waals surface area contributed by atoms with Crippen LogP contribution >= 0.6 is 0 Å². The number of rotatable bonds is 3. The summed E-state index contributed by atoms with van der Waals surface area (Å²) in [6.45, 7) is 0.867. The molecule has 2 aromatic rings. The summed E-state index contributed by atoms with van der Waals surface area (Å²) < 4.78 is 5.26. The van der Waals surface area contributed by atoms with E-state index in [2.05, 4.69) is 17.0 Å². The average molecular weight is 205 g/mol. The minimum absolute atomic E-state index is 0.0451. The minimum Gasteiger partial charge on any atom is -0.466 e. The normalized spacial score (nSPS) is 11.5. The summed E-state index contributed by atoms with van der Waals surface area (Å²) in [5.41, 5.74) is 1.25. The Kier molecular flexibility index (Phi) is 2.75. The van der Waals surface area contributed by atoms with Gasteiger partial charge in [-0.3, -0.25) is 0 Å². The Morgan fingerprint density at radius 2 is 2.13 bits per heavy atom. The zero-order valence-corrected chi connectivity index (χ0v) is 9.03. The molecule has 0 aliphatic heterocycles. The molecule has 0 spiro atoms. The van der Waals surface area contributed by atoms with Gasteiger partial charge in [0.2, 0.25) is 0 Å². The first-order chi connectivity index (χ1) is 7.20. The third kappa shape index (κ3) is 2.03. The van der Waals surface area contributed by atoms with E-state index in [4.69, 9.17) is 9.52 Å². The van der Waals surface area contributed by atoms with Crippen LogP contribution in [0.5, 0.6) is 0 Å². The molecule has 0 bridgehead atoms. The number of aliphatic hydroxyl groups is 1. The number of furan rings is 1. The Morgan fingerprint density at radius 3 is 2.80 bits per heavy atom. The lowest BCUT2D eigenvalue weighted by Gasteiger charge is -2.09. The van der Waals surface area contributed by atoms with Gasteiger partial charge in [-0.05, 0) is 25.7 Å². The summed E-state index contributed by atoms with van der Waals surface area (Å²) in [6, 6.07) is 6.16. The summed E-state index contributed by atoms with van der Waals surface area (Å²) in [7, 11) is 4.08. The predicted molar refractivity (Wildman–Crippen MR) is 59.5 cm³/mol. The smallest absolute Gasteiger partial charge is 0.136 e. The van der Waals surface area contributed by atoms with Crippen LogP contribution in [0.15, 0.2) is 28.9 Å². The molecule has 0 amide bonds. The van der Waals surface area contributed by atoms with E-state index in [9.17, 15) is 0 Å². The number of aliphatic hydroxyl groups excluding tert-OH is 1. The van der Waals surface area contributed by atoms with E-state index >= 15 is 0 Å². The highest BCUT2D eigenvalue weighted by Crippen LogP contribution is 2.22. The van der Waals surface area contributed by atoms with Crippen molar-refractivity contribution in [3.8, 4) is 0 Å². The van der Waals surface area contributed by atoms with Gasteiger partial charge in [-0.1, -0.05) is 12.1 Å². The Labute approximate surface area is 88.9 Å². The first-order valence-electron chi connectivity index (χ1n) is 4.95. The first-order valence-corrected chi connectivity index (χ1v) is 4.95. The quantitative estimate of drug-likeness (QED) is 0.832. The Bertz CT molecular complexity index is 460. The molecule has 1 heterocycles. The van der Waals surface area contributed by atoms with Gasteiger partial charge >= 0.3 is 0 Å². The van der Waals surface area contributed by atoms with Crippen molar-refractivity contribution in [2.45, 2.75) is 13.2 Å². The maximum atomic E-state index is 9.04. The maximum Gasteiger partial charge on any atom is 0.136 e. The molecule has 0 saturated carbocycles. The van der Waals surface area contributed by atoms with Crippen molar-refractivity contribution in [2.75, 3.05) is 14.1 Å². The number of nitrogens with zero attached hydrogens (tertiary/aromatic N) is 1. The molecule has 0 radical (unpaired) electrons. The predicted octanol–water partition coefficient (Wildman–Crippen LogP) is 1.99. The Morgan fingerprint density at radius 1 is 1.33 bits per heavy atom. The van der Waals surface area contributed by atoms with Gasteiger partial charge in [0.05, 0.1) is 6.26 Å². The van der Waals surface area contributed by atoms with Crippen LogP contribution in [0.3, 0.4) is 0 Å². The molecule has 1 aromatic heterocycles. The van der Waals surface area contributed by atoms with Crippen molar-refractivity contribution >= 4 is 10.8 Å². The second-order valence-electron chi connectivity index (χ2n) is 3.98. The zero-order chi connectivity index (χ0) is 10.8. The van der Waals surface area contributed by atoms with Crippen LogP contribution in [0.2, 0.25) is 0 Å². The van der Waals surface area contributed by atoms with E-state index < -0.39 is 0 Å². The van der Waals surface area contributed by atoms with Gasteiger partial charge in [0, 0.05) is 17.3 Å². The van der Waals surface area contributed by atoms with Crippen LogP contribution in [0, 0.1) is 0 Å². The van der Waals surface area contributed by atoms with E-state index in [0.29, 0.717) is 5.76 Å². The molecule has 2 rings (SSSR count). The summed E-state index contributed by atoms with van der Waals surface area (Å²) in [5, 5.41) is 11.1. The zero-order valence-electron chi connectivity index (χ0n) is 9.03. The SMILES string of the molecule is CN(C)Cc1ccc2c(CO)occ2c1. The molecule has 0 atom stereocenters. The van der Waals surface area contributed by atoms with Crippen molar-refractivity contribution in [1.82, 2.24) is 4.90 Å². The molecule has 3 nitrogen and oxygen atoms in total. The lowest BCUT2D eigenvalue weighted by molar-refractivity contribution is 0.249. The number of fused-ring (bicyclic) bond motifs is 1. The van der Waals surface area contributed by atoms with E-state index in [0.717, 1.165) is 17.3 Å². The molecular weight excluding hydrogens is 190 g/mol. The highest BCUT2D eigenvalue weighted by molar-refractivity contribution is 5.84. The maximum absolute atomic E-state index is 9.04. The third-order valence-corrected chi connectivity index (χ3v) is 2.39. The summed E-state index contributed by atoms with van der Waals surface area (Å²) in [6.07, 6.45) is 1.69. The molecule has 0 saturated heterocycles. The van der Waals surface area contributed by atoms with Crippen LogP contribution in [-0.4, -0.2) is 24.1 Å². The van der Waals surface area contributed by atoms with E-state index in [-0.39, 0.29) is 6.61 Å². The largest absolute Gasteiger partial charge is 0.466 e. The second kappa shape index (κ2) is 4.04. The van der Waals surface area contributed by atoms with Crippen molar-refractivity contribution in [2.24, 2.45) is 0 Å². The van der Waals surface area contributed by atoms with Gasteiger partial charge in [0.25, 0.3) is 0 Å². The minimum atomic E-state index is -0.0451. The lowest BCUT2D eigenvalue weighted by atomic mass is 10.1. The van der Waals surface area contributed by atoms with Crippen LogP contribution < -0.4 is 0 Å². The molecule has 0 aliphatic carbocycles. The van der Waals surface area contributed by atoms with Gasteiger partial charge in [-0.25, -0.2) is 0 Å². The fraction of sp³-hybridized carbons (Fsp3) is 0.333. The van der Waals surface area contributed by atoms with E-state index in [1.54, 1.807) is 6.26 Å². The Balaban J connectivity index is 2.39. The third-order valence-electron chi connectivity index (χ3n) is 2.39. The highest BCUT2D eigenvalue weighted by Gasteiger charge is 2.05. The molecule has 0 unspecified atom stereocenters. The molecule has 1 N–H and O–H groups in total. The summed E-state index contributed by atoms with van der Waals surface area (Å²) in [4.78, 5) is 2.12. The van der Waals surface area contributed by atoms with Crippen molar-refractivity contribution in [3.63, 3.8) is 0 Å². The molecule has 80 valence electrons. The summed E-state index contributed by atoms with van der Waals surface area (Å²) in [5.74, 6) is 0.640. The van der Waals surface area contributed by atoms with E-state index in [1.165, 1.54) is 5.56 Å². The Hall–Kier alpha value is -1.32. The van der Waals surface area contributed by atoms with Crippen molar-refractivity contribution < 1.29 is 9.52 Å². The average Bonchev–Trinajstić information content (AvgIpc) is 2.58. The molecule has 0 fully saturated rings. The van der Waals surface area contributed by atoms with Gasteiger partial charge in [0.15, 0.2) is 0 Å².